The Kier molecular flexibility index (Phi) is 3.52. The average Bonchev–Trinajstić information content (AvgIpc) is 2.79. The summed E-state index contributed by atoms with van der Waals surface area (Å²) in [6.07, 6.45) is 1.93. The molecular weight excluding hydrogens is 246 g/mol. The summed E-state index contributed by atoms with van der Waals surface area (Å²) in [6.45, 7) is 3.83. The van der Waals surface area contributed by atoms with Gasteiger partial charge in [-0.25, -0.2) is 0 Å². The Morgan fingerprint density at radius 1 is 1.05 bits per heavy atom. The van der Waals surface area contributed by atoms with E-state index in [-0.39, 0.29) is 0 Å². The molecule has 0 radical (unpaired) electrons. The van der Waals surface area contributed by atoms with E-state index in [9.17, 15) is 0 Å². The molecule has 3 heteroatoms. The molecule has 0 aliphatic carbocycles. The molecule has 1 heterocycles. The van der Waals surface area contributed by atoms with Crippen molar-refractivity contribution >= 4 is 10.8 Å². The summed E-state index contributed by atoms with van der Waals surface area (Å²) >= 11 is 0. The van der Waals surface area contributed by atoms with Crippen LogP contribution in [0.15, 0.2) is 48.7 Å². The highest BCUT2D eigenvalue weighted by Gasteiger charge is 2.03. The summed E-state index contributed by atoms with van der Waals surface area (Å²) in [5.41, 5.74) is 3.79. The van der Waals surface area contributed by atoms with Gasteiger partial charge in [0.25, 0.3) is 0 Å². The monoisotopic (exact) mass is 265 g/mol. The highest BCUT2D eigenvalue weighted by atomic mass is 15.3. The molecular formula is C17H19N3. The maximum absolute atomic E-state index is 4.26. The minimum atomic E-state index is 0.854. The first-order valence-electron chi connectivity index (χ1n) is 6.90. The van der Waals surface area contributed by atoms with Gasteiger partial charge in [0.05, 0.1) is 6.20 Å². The lowest BCUT2D eigenvalue weighted by atomic mass is 10.1. The third-order valence-corrected chi connectivity index (χ3v) is 3.80. The molecule has 20 heavy (non-hydrogen) atoms. The fourth-order valence-corrected chi connectivity index (χ4v) is 2.41. The van der Waals surface area contributed by atoms with Crippen LogP contribution in [0.2, 0.25) is 0 Å². The van der Waals surface area contributed by atoms with Crippen LogP contribution in [0.1, 0.15) is 16.8 Å². The van der Waals surface area contributed by atoms with Gasteiger partial charge in [-0.3, -0.25) is 4.68 Å². The molecule has 0 amide bonds. The number of nitrogens with zero attached hydrogens (tertiary/aromatic N) is 2. The smallest absolute Gasteiger partial charge is 0.0537 e. The standard InChI is InChI=1S/C17H19N3/c1-13-17(12-19-20(13)2)11-18-10-14-7-8-15-5-3-4-6-16(15)9-14/h3-9,12,18H,10-11H2,1-2H3. The number of aryl methyl sites for hydroxylation is 1. The minimum absolute atomic E-state index is 0.854. The number of hydrogen-bond donors (Lipinski definition) is 1. The molecule has 3 rings (SSSR count). The molecule has 1 aromatic heterocycles. The highest BCUT2D eigenvalue weighted by molar-refractivity contribution is 5.82. The molecule has 0 fully saturated rings. The van der Waals surface area contributed by atoms with Crippen molar-refractivity contribution in [3.8, 4) is 0 Å². The van der Waals surface area contributed by atoms with Gasteiger partial charge in [-0.1, -0.05) is 36.4 Å². The second-order valence-electron chi connectivity index (χ2n) is 5.16. The molecule has 0 atom stereocenters. The number of hydrogen-bond acceptors (Lipinski definition) is 2. The Morgan fingerprint density at radius 2 is 1.85 bits per heavy atom. The Balaban J connectivity index is 1.66. The molecule has 3 aromatic rings. The normalized spacial score (nSPS) is 11.1. The lowest BCUT2D eigenvalue weighted by Crippen LogP contribution is -2.13. The van der Waals surface area contributed by atoms with Crippen LogP contribution in [-0.2, 0) is 20.1 Å². The summed E-state index contributed by atoms with van der Waals surface area (Å²) in [5.74, 6) is 0. The van der Waals surface area contributed by atoms with Crippen LogP contribution in [0.25, 0.3) is 10.8 Å². The van der Waals surface area contributed by atoms with E-state index in [0.717, 1.165) is 13.1 Å². The average molecular weight is 265 g/mol. The largest absolute Gasteiger partial charge is 0.308 e. The summed E-state index contributed by atoms with van der Waals surface area (Å²) in [4.78, 5) is 0. The molecule has 0 aliphatic heterocycles. The molecule has 2 aromatic carbocycles. The van der Waals surface area contributed by atoms with Crippen molar-refractivity contribution in [2.75, 3.05) is 0 Å². The van der Waals surface area contributed by atoms with E-state index >= 15 is 0 Å². The Hall–Kier alpha value is -2.13. The fourth-order valence-electron chi connectivity index (χ4n) is 2.41. The molecule has 102 valence electrons. The van der Waals surface area contributed by atoms with Crippen LogP contribution >= 0.6 is 0 Å². The summed E-state index contributed by atoms with van der Waals surface area (Å²) in [5, 5.41) is 10.3. The van der Waals surface area contributed by atoms with Crippen LogP contribution in [0.3, 0.4) is 0 Å². The van der Waals surface area contributed by atoms with E-state index < -0.39 is 0 Å². The second-order valence-corrected chi connectivity index (χ2v) is 5.16. The van der Waals surface area contributed by atoms with Crippen LogP contribution in [0.5, 0.6) is 0 Å². The molecule has 1 N–H and O–H groups in total. The number of rotatable bonds is 4. The maximum atomic E-state index is 4.26. The van der Waals surface area contributed by atoms with Crippen LogP contribution in [0, 0.1) is 6.92 Å². The molecule has 0 bridgehead atoms. The van der Waals surface area contributed by atoms with Crippen LogP contribution in [-0.4, -0.2) is 9.78 Å². The van der Waals surface area contributed by atoms with Gasteiger partial charge in [0.1, 0.15) is 0 Å². The van der Waals surface area contributed by atoms with Gasteiger partial charge < -0.3 is 5.32 Å². The summed E-state index contributed by atoms with van der Waals surface area (Å²) in [7, 11) is 1.97. The minimum Gasteiger partial charge on any atom is -0.308 e. The van der Waals surface area contributed by atoms with Crippen molar-refractivity contribution in [3.05, 3.63) is 65.5 Å². The topological polar surface area (TPSA) is 29.9 Å². The van der Waals surface area contributed by atoms with Gasteiger partial charge >= 0.3 is 0 Å². The molecule has 3 nitrogen and oxygen atoms in total. The number of fused-ring (bicyclic) bond motifs is 1. The van der Waals surface area contributed by atoms with E-state index in [1.54, 1.807) is 0 Å². The number of nitrogens with one attached hydrogen (secondary N) is 1. The predicted molar refractivity (Wildman–Crippen MR) is 82.4 cm³/mol. The van der Waals surface area contributed by atoms with E-state index in [2.05, 4.69) is 59.8 Å². The lowest BCUT2D eigenvalue weighted by molar-refractivity contribution is 0.685. The summed E-state index contributed by atoms with van der Waals surface area (Å²) in [6, 6.07) is 15.1. The van der Waals surface area contributed by atoms with Gasteiger partial charge in [0, 0.05) is 31.4 Å². The van der Waals surface area contributed by atoms with Crippen molar-refractivity contribution in [1.29, 1.82) is 0 Å². The fraction of sp³-hybridized carbons (Fsp3) is 0.235. The molecule has 0 aliphatic rings. The predicted octanol–water partition coefficient (Wildman–Crippen LogP) is 3.17. The van der Waals surface area contributed by atoms with Gasteiger partial charge in [-0.05, 0) is 29.3 Å². The Morgan fingerprint density at radius 3 is 2.60 bits per heavy atom. The Bertz CT molecular complexity index is 728. The quantitative estimate of drug-likeness (QED) is 0.785. The maximum Gasteiger partial charge on any atom is 0.0537 e. The number of aromatic nitrogens is 2. The Labute approximate surface area is 119 Å². The third kappa shape index (κ3) is 2.58. The molecule has 0 saturated heterocycles. The first kappa shape index (κ1) is 12.9. The van der Waals surface area contributed by atoms with Crippen LogP contribution in [0.4, 0.5) is 0 Å². The van der Waals surface area contributed by atoms with E-state index in [1.165, 1.54) is 27.6 Å². The zero-order chi connectivity index (χ0) is 13.9. The van der Waals surface area contributed by atoms with Crippen molar-refractivity contribution in [1.82, 2.24) is 15.1 Å². The first-order valence-corrected chi connectivity index (χ1v) is 6.90. The molecule has 0 spiro atoms. The van der Waals surface area contributed by atoms with Crippen molar-refractivity contribution in [3.63, 3.8) is 0 Å². The van der Waals surface area contributed by atoms with Gasteiger partial charge in [0.2, 0.25) is 0 Å². The first-order chi connectivity index (χ1) is 9.74. The van der Waals surface area contributed by atoms with Gasteiger partial charge in [-0.15, -0.1) is 0 Å². The van der Waals surface area contributed by atoms with Gasteiger partial charge in [-0.2, -0.15) is 5.10 Å². The summed E-state index contributed by atoms with van der Waals surface area (Å²) < 4.78 is 1.91. The van der Waals surface area contributed by atoms with Crippen molar-refractivity contribution in [2.24, 2.45) is 7.05 Å². The second kappa shape index (κ2) is 5.47. The molecule has 0 unspecified atom stereocenters. The van der Waals surface area contributed by atoms with Crippen LogP contribution < -0.4 is 5.32 Å². The lowest BCUT2D eigenvalue weighted by Gasteiger charge is -2.06. The highest BCUT2D eigenvalue weighted by Crippen LogP contribution is 2.15. The zero-order valence-corrected chi connectivity index (χ0v) is 11.9. The van der Waals surface area contributed by atoms with E-state index in [4.69, 9.17) is 0 Å². The third-order valence-electron chi connectivity index (χ3n) is 3.80. The van der Waals surface area contributed by atoms with Crippen molar-refractivity contribution in [2.45, 2.75) is 20.0 Å². The van der Waals surface area contributed by atoms with Gasteiger partial charge in [0.15, 0.2) is 0 Å². The zero-order valence-electron chi connectivity index (χ0n) is 11.9. The number of benzene rings is 2. The van der Waals surface area contributed by atoms with E-state index in [0.29, 0.717) is 0 Å². The van der Waals surface area contributed by atoms with E-state index in [1.807, 2.05) is 17.9 Å². The molecule has 0 saturated carbocycles. The SMILES string of the molecule is Cc1c(CNCc2ccc3ccccc3c2)cnn1C. The van der Waals surface area contributed by atoms with Crippen molar-refractivity contribution < 1.29 is 0 Å².